The molecule has 10 aliphatic heterocycles. The first-order valence-corrected chi connectivity index (χ1v) is 42.9. The molecule has 0 N–H and O–H groups in total. The van der Waals surface area contributed by atoms with Gasteiger partial charge in [-0.3, -0.25) is 0 Å². The zero-order valence-electron chi connectivity index (χ0n) is 73.0. The molecule has 0 aliphatic carbocycles. The smallest absolute Gasteiger partial charge is 0.270 e. The lowest BCUT2D eigenvalue weighted by atomic mass is 9.33. The minimum Gasteiger partial charge on any atom is -0.458 e. The lowest BCUT2D eigenvalue weighted by Crippen LogP contribution is -2.60. The van der Waals surface area contributed by atoms with E-state index in [2.05, 4.69) is 243 Å². The second-order valence-corrected chi connectivity index (χ2v) is 39.1. The van der Waals surface area contributed by atoms with Crippen LogP contribution in [0.25, 0.3) is 20.2 Å². The Labute approximate surface area is 716 Å². The molecule has 594 valence electrons. The average molecular weight is 1600 g/mol. The number of benzene rings is 14. The highest BCUT2D eigenvalue weighted by Gasteiger charge is 2.51. The van der Waals surface area contributed by atoms with Crippen LogP contribution in [0.1, 0.15) is 147 Å². The molecule has 0 spiro atoms. The Hall–Kier alpha value is -12.4. The molecule has 121 heavy (non-hydrogen) atoms. The first kappa shape index (κ1) is 73.7. The fraction of sp³-hybridized carbons (Fsp3) is 0.208. The van der Waals surface area contributed by atoms with Gasteiger partial charge in [0.15, 0.2) is 0 Å². The van der Waals surface area contributed by atoms with E-state index in [1.165, 1.54) is 59.6 Å². The molecule has 10 nitrogen and oxygen atoms in total. The largest absolute Gasteiger partial charge is 0.458 e. The highest BCUT2D eigenvalue weighted by atomic mass is 32.1. The Bertz CT molecular complexity index is 6780. The van der Waals surface area contributed by atoms with Crippen LogP contribution in [-0.4, -0.2) is 26.9 Å². The third-order valence-corrected chi connectivity index (χ3v) is 26.2. The van der Waals surface area contributed by atoms with E-state index in [1.54, 1.807) is 18.3 Å². The summed E-state index contributed by atoms with van der Waals surface area (Å²) < 4.78 is 81.9. The summed E-state index contributed by atoms with van der Waals surface area (Å²) in [5.41, 5.74) is 20.5. The first-order chi connectivity index (χ1) is 58.8. The predicted molar refractivity (Wildman–Crippen MR) is 499 cm³/mol. The molecular weight excluding hydrogens is 1510 g/mol. The van der Waals surface area contributed by atoms with E-state index >= 15 is 0 Å². The lowest BCUT2D eigenvalue weighted by Gasteiger charge is -2.39. The van der Waals surface area contributed by atoms with Gasteiger partial charge in [-0.25, -0.2) is 0 Å². The molecule has 0 unspecified atom stereocenters. The zero-order valence-corrected chi connectivity index (χ0v) is 71.9. The Morgan fingerprint density at radius 2 is 0.521 bits per heavy atom. The van der Waals surface area contributed by atoms with E-state index in [1.807, 2.05) is 115 Å². The summed E-state index contributed by atoms with van der Waals surface area (Å²) in [6.07, 6.45) is -1.34. The second-order valence-electron chi connectivity index (χ2n) is 38.0. The van der Waals surface area contributed by atoms with Gasteiger partial charge in [-0.05, 0) is 204 Å². The van der Waals surface area contributed by atoms with E-state index in [9.17, 15) is 0 Å². The number of hydrogen-bond donors (Lipinski definition) is 0. The van der Waals surface area contributed by atoms with Gasteiger partial charge in [-0.2, -0.15) is 0 Å². The van der Waals surface area contributed by atoms with Crippen LogP contribution in [0.5, 0.6) is 115 Å². The van der Waals surface area contributed by atoms with Crippen molar-refractivity contribution in [1.29, 1.82) is 0 Å². The van der Waals surface area contributed by atoms with Crippen molar-refractivity contribution in [3.8, 4) is 115 Å². The summed E-state index contributed by atoms with van der Waals surface area (Å²) in [6.45, 7) is 35.2. The van der Waals surface area contributed by atoms with Crippen LogP contribution in [0.2, 0.25) is 0 Å². The predicted octanol–water partition coefficient (Wildman–Crippen LogP) is 21.0. The number of hydrogen-bond acceptors (Lipinski definition) is 11. The maximum Gasteiger partial charge on any atom is 0.270 e. The molecule has 0 saturated heterocycles. The number of fused-ring (bicyclic) bond motifs is 11. The van der Waals surface area contributed by atoms with Crippen LogP contribution < -0.4 is 113 Å². The monoisotopic (exact) mass is 1600 g/mol. The SMILES string of the molecule is CC(C)(C)c1cc2c3c(c1)Oc1cccc4c1B3c1c(cccc1O2)O4.CC(C)(C)c1cc2c3c(c1)Oc1ccccc1B3c1ccccc1O2.CC(C)(C)c1ccc2c3c1Oc1cccc4c1B3c1c(cccc1O2)O4.CC(C)(C)c1ccc2c3c1Oc1ccccc1B3c1ccccc1O2.[2H]C([2H])(C)c1c(C(C)(C)C)ccc2c1sc1ccccc12. The number of para-hydroxylation sites is 4. The molecule has 1 aromatic heterocycles. The Morgan fingerprint density at radius 3 is 0.909 bits per heavy atom. The van der Waals surface area contributed by atoms with Crippen molar-refractivity contribution in [1.82, 2.24) is 0 Å². The van der Waals surface area contributed by atoms with Gasteiger partial charge < -0.3 is 47.4 Å². The molecule has 14 aromatic carbocycles. The van der Waals surface area contributed by atoms with Gasteiger partial charge >= 0.3 is 0 Å². The van der Waals surface area contributed by atoms with Crippen LogP contribution in [-0.2, 0) is 33.4 Å². The maximum atomic E-state index is 8.32. The molecule has 11 heterocycles. The molecule has 0 bridgehead atoms. The van der Waals surface area contributed by atoms with Gasteiger partial charge in [0, 0.05) is 66.6 Å². The van der Waals surface area contributed by atoms with E-state index in [0.29, 0.717) is 0 Å². The molecule has 0 radical (unpaired) electrons. The highest BCUT2D eigenvalue weighted by molar-refractivity contribution is 7.26. The molecular formula is C106H92B4O10S. The molecule has 25 rings (SSSR count). The highest BCUT2D eigenvalue weighted by Crippen LogP contribution is 2.50. The lowest BCUT2D eigenvalue weighted by molar-refractivity contribution is 0.431. The Kier molecular flexibility index (Phi) is 16.9. The molecule has 10 aliphatic rings. The molecule has 15 aromatic rings. The molecule has 0 atom stereocenters. The number of ether oxygens (including phenoxy) is 10. The van der Waals surface area contributed by atoms with Crippen LogP contribution in [0.3, 0.4) is 0 Å². The average Bonchev–Trinajstić information content (AvgIpc) is 1.32. The van der Waals surface area contributed by atoms with Crippen molar-refractivity contribution in [3.63, 3.8) is 0 Å². The summed E-state index contributed by atoms with van der Waals surface area (Å²) in [6, 6.07) is 87.2. The third-order valence-electron chi connectivity index (χ3n) is 25.0. The van der Waals surface area contributed by atoms with Gasteiger partial charge in [-0.1, -0.05) is 250 Å². The number of rotatable bonds is 1. The van der Waals surface area contributed by atoms with Gasteiger partial charge in [0.2, 0.25) is 0 Å². The van der Waals surface area contributed by atoms with Crippen molar-refractivity contribution in [2.24, 2.45) is 0 Å². The van der Waals surface area contributed by atoms with Gasteiger partial charge in [0.1, 0.15) is 115 Å². The number of thiophene rings is 1. The van der Waals surface area contributed by atoms with E-state index in [-0.39, 0.29) is 53.9 Å². The van der Waals surface area contributed by atoms with Crippen molar-refractivity contribution in [3.05, 3.63) is 288 Å². The van der Waals surface area contributed by atoms with Gasteiger partial charge in [-0.15, -0.1) is 11.3 Å². The maximum absolute atomic E-state index is 8.32. The topological polar surface area (TPSA) is 92.3 Å². The Morgan fingerprint density at radius 1 is 0.248 bits per heavy atom. The van der Waals surface area contributed by atoms with Crippen molar-refractivity contribution in [2.75, 3.05) is 0 Å². The van der Waals surface area contributed by atoms with Crippen LogP contribution in [0.4, 0.5) is 0 Å². The van der Waals surface area contributed by atoms with Crippen molar-refractivity contribution >= 4 is 124 Å². The van der Waals surface area contributed by atoms with E-state index in [0.717, 1.165) is 175 Å². The molecule has 15 heteroatoms. The fourth-order valence-electron chi connectivity index (χ4n) is 19.1. The summed E-state index contributed by atoms with van der Waals surface area (Å²) in [5, 5.41) is 2.40. The fourth-order valence-corrected chi connectivity index (χ4v) is 20.4. The zero-order chi connectivity index (χ0) is 85.0. The van der Waals surface area contributed by atoms with E-state index in [4.69, 9.17) is 50.1 Å². The summed E-state index contributed by atoms with van der Waals surface area (Å²) in [4.78, 5) is 0. The van der Waals surface area contributed by atoms with E-state index < -0.39 is 6.37 Å². The van der Waals surface area contributed by atoms with Crippen molar-refractivity contribution in [2.45, 2.75) is 144 Å². The van der Waals surface area contributed by atoms with Crippen LogP contribution in [0.15, 0.2) is 255 Å². The standard InChI is InChI=1S/2C22H17BO3.2C22H19BO2.C18H20S/c1-22(2,3)12-10-17-21-18(11-12)26-16-9-5-7-14-20(16)23(21)19-13(24-14)6-4-8-15(19)25-17;1-22(2,3)12-10-11-17-20-21(12)26-16-9-5-8-15-19(16)23(20)18-13(24-15)6-4-7-14(18)25-17;1-22(2,3)14-12-19-21-20(13-14)25-18-11-7-5-9-16(18)23(21)15-8-4-6-10-17(15)24-19;1-22(2,3)14-12-13-19-20-21(14)25-18-11-7-5-9-16(18)23(20)15-8-4-6-10-17(15)24-19;1-5-12-15(18(2,3)4)11-10-14-13-8-6-7-9-16(13)19-17(12)14/h2*4-11H,1-3H3;2*4-13H,1-3H3;6-11H,5H2,1-4H3/i;;;;5D2. The molecule has 0 amide bonds. The van der Waals surface area contributed by atoms with Gasteiger partial charge in [0.25, 0.3) is 26.9 Å². The third kappa shape index (κ3) is 12.5. The first-order valence-electron chi connectivity index (χ1n) is 43.1. The number of aryl methyl sites for hydroxylation is 1. The Balaban J connectivity index is 0.0000000947. The normalized spacial score (nSPS) is 14.4. The minimum atomic E-state index is -1.34. The molecule has 0 saturated carbocycles. The summed E-state index contributed by atoms with van der Waals surface area (Å²) in [7, 11) is 0. The second kappa shape index (κ2) is 27.8. The van der Waals surface area contributed by atoms with Crippen LogP contribution in [0, 0.1) is 0 Å². The van der Waals surface area contributed by atoms with Crippen molar-refractivity contribution < 1.29 is 50.1 Å². The van der Waals surface area contributed by atoms with Crippen LogP contribution >= 0.6 is 11.3 Å². The van der Waals surface area contributed by atoms with Gasteiger partial charge in [0.05, 0.1) is 0 Å². The minimum absolute atomic E-state index is 0.00182. The molecule has 0 fully saturated rings. The summed E-state index contributed by atoms with van der Waals surface area (Å²) >= 11 is 1.71. The quantitative estimate of drug-likeness (QED) is 0.148. The summed E-state index contributed by atoms with van der Waals surface area (Å²) in [5.74, 6) is 18.0.